The first kappa shape index (κ1) is 13.2. The molecule has 1 aliphatic heterocycles. The molecule has 2 aromatic rings. The molecule has 2 amide bonds. The van der Waals surface area contributed by atoms with Crippen LogP contribution in [0.2, 0.25) is 0 Å². The third-order valence-electron chi connectivity index (χ3n) is 4.20. The highest BCUT2D eigenvalue weighted by Gasteiger charge is 2.27. The molecular weight excluding hydrogens is 280 g/mol. The van der Waals surface area contributed by atoms with Crippen LogP contribution in [0.15, 0.2) is 24.5 Å². The van der Waals surface area contributed by atoms with Crippen molar-refractivity contribution in [2.75, 3.05) is 6.54 Å². The first-order chi connectivity index (χ1) is 10.7. The highest BCUT2D eigenvalue weighted by atomic mass is 16.2. The molecule has 6 nitrogen and oxygen atoms in total. The van der Waals surface area contributed by atoms with Gasteiger partial charge in [0.15, 0.2) is 0 Å². The number of hydrogen-bond donors (Lipinski definition) is 2. The number of hydrogen-bond acceptors (Lipinski definition) is 4. The van der Waals surface area contributed by atoms with E-state index >= 15 is 0 Å². The second-order valence-corrected chi connectivity index (χ2v) is 5.91. The molecule has 0 bridgehead atoms. The lowest BCUT2D eigenvalue weighted by molar-refractivity contribution is -0.120. The molecule has 1 saturated heterocycles. The van der Waals surface area contributed by atoms with Gasteiger partial charge in [0.2, 0.25) is 5.91 Å². The van der Waals surface area contributed by atoms with Gasteiger partial charge in [0.25, 0.3) is 5.91 Å². The van der Waals surface area contributed by atoms with Crippen LogP contribution in [0.3, 0.4) is 0 Å². The van der Waals surface area contributed by atoms with E-state index in [4.69, 9.17) is 0 Å². The van der Waals surface area contributed by atoms with Crippen LogP contribution >= 0.6 is 0 Å². The van der Waals surface area contributed by atoms with Crippen LogP contribution in [0.5, 0.6) is 0 Å². The van der Waals surface area contributed by atoms with E-state index in [0.29, 0.717) is 24.4 Å². The Morgan fingerprint density at radius 1 is 1.18 bits per heavy atom. The number of aromatic nitrogens is 2. The third-order valence-corrected chi connectivity index (χ3v) is 4.20. The predicted molar refractivity (Wildman–Crippen MR) is 80.4 cm³/mol. The zero-order valence-corrected chi connectivity index (χ0v) is 12.0. The van der Waals surface area contributed by atoms with Gasteiger partial charge in [-0.1, -0.05) is 0 Å². The maximum absolute atomic E-state index is 12.2. The molecule has 0 spiro atoms. The van der Waals surface area contributed by atoms with Crippen molar-refractivity contribution in [1.82, 2.24) is 20.6 Å². The number of nitrogens with one attached hydrogen (secondary N) is 2. The van der Waals surface area contributed by atoms with E-state index in [0.717, 1.165) is 16.6 Å². The van der Waals surface area contributed by atoms with E-state index in [2.05, 4.69) is 20.6 Å². The summed E-state index contributed by atoms with van der Waals surface area (Å²) in [6, 6.07) is 3.33. The molecule has 2 N–H and O–H groups in total. The van der Waals surface area contributed by atoms with Gasteiger partial charge in [0.1, 0.15) is 6.04 Å². The smallest absolute Gasteiger partial charge is 0.253 e. The van der Waals surface area contributed by atoms with Crippen molar-refractivity contribution < 1.29 is 9.59 Å². The fraction of sp³-hybridized carbons (Fsp3) is 0.375. The van der Waals surface area contributed by atoms with E-state index in [-0.39, 0.29) is 11.8 Å². The van der Waals surface area contributed by atoms with Gasteiger partial charge in [-0.2, -0.15) is 0 Å². The van der Waals surface area contributed by atoms with Crippen molar-refractivity contribution in [3.05, 3.63) is 35.8 Å². The summed E-state index contributed by atoms with van der Waals surface area (Å²) in [4.78, 5) is 32.5. The molecule has 2 fully saturated rings. The van der Waals surface area contributed by atoms with Crippen molar-refractivity contribution in [2.45, 2.75) is 31.2 Å². The van der Waals surface area contributed by atoms with E-state index in [1.54, 1.807) is 18.5 Å². The average Bonchev–Trinajstić information content (AvgIpc) is 3.31. The summed E-state index contributed by atoms with van der Waals surface area (Å²) in [5.41, 5.74) is 2.39. The summed E-state index contributed by atoms with van der Waals surface area (Å²) < 4.78 is 0. The molecule has 4 rings (SSSR count). The molecule has 6 heteroatoms. The van der Waals surface area contributed by atoms with Crippen LogP contribution in [-0.2, 0) is 4.79 Å². The maximum Gasteiger partial charge on any atom is 0.253 e. The normalized spacial score (nSPS) is 20.9. The Hall–Kier alpha value is -2.50. The van der Waals surface area contributed by atoms with Crippen LogP contribution in [0.25, 0.3) is 10.9 Å². The molecule has 2 aromatic heterocycles. The quantitative estimate of drug-likeness (QED) is 0.889. The van der Waals surface area contributed by atoms with Crippen molar-refractivity contribution in [3.63, 3.8) is 0 Å². The molecular formula is C16H16N4O2. The summed E-state index contributed by atoms with van der Waals surface area (Å²) in [6.45, 7) is 0.605. The van der Waals surface area contributed by atoms with Crippen LogP contribution < -0.4 is 10.6 Å². The van der Waals surface area contributed by atoms with E-state index in [1.807, 2.05) is 6.07 Å². The topological polar surface area (TPSA) is 84.0 Å². The standard InChI is InChI=1S/C16H16N4O2/c21-15(20-12-3-4-17-16(12)22)11-5-10-7-18-13(9-1-2-9)6-14(10)19-8-11/h5-9,12H,1-4H2,(H,17,22)(H,20,21). The minimum absolute atomic E-state index is 0.127. The molecule has 1 saturated carbocycles. The van der Waals surface area contributed by atoms with Gasteiger partial charge < -0.3 is 10.6 Å². The Kier molecular flexibility index (Phi) is 3.03. The second kappa shape index (κ2) is 5.05. The van der Waals surface area contributed by atoms with Crippen molar-refractivity contribution in [3.8, 4) is 0 Å². The molecule has 0 aromatic carbocycles. The molecule has 0 radical (unpaired) electrons. The van der Waals surface area contributed by atoms with Gasteiger partial charge in [0, 0.05) is 35.9 Å². The Balaban J connectivity index is 1.57. The Labute approximate surface area is 127 Å². The summed E-state index contributed by atoms with van der Waals surface area (Å²) in [5.74, 6) is 0.176. The number of fused-ring (bicyclic) bond motifs is 1. The summed E-state index contributed by atoms with van der Waals surface area (Å²) >= 11 is 0. The van der Waals surface area contributed by atoms with Crippen molar-refractivity contribution >= 4 is 22.7 Å². The predicted octanol–water partition coefficient (Wildman–Crippen LogP) is 1.13. The van der Waals surface area contributed by atoms with Gasteiger partial charge in [0.05, 0.1) is 11.1 Å². The van der Waals surface area contributed by atoms with Crippen LogP contribution in [0.4, 0.5) is 0 Å². The van der Waals surface area contributed by atoms with E-state index < -0.39 is 6.04 Å². The highest BCUT2D eigenvalue weighted by molar-refractivity contribution is 6.00. The lowest BCUT2D eigenvalue weighted by Crippen LogP contribution is -2.40. The first-order valence-corrected chi connectivity index (χ1v) is 7.55. The number of rotatable bonds is 3. The molecule has 1 atom stereocenters. The molecule has 2 aliphatic rings. The Morgan fingerprint density at radius 2 is 2.05 bits per heavy atom. The van der Waals surface area contributed by atoms with Crippen molar-refractivity contribution in [1.29, 1.82) is 0 Å². The number of nitrogens with zero attached hydrogens (tertiary/aromatic N) is 2. The minimum atomic E-state index is -0.446. The first-order valence-electron chi connectivity index (χ1n) is 7.55. The van der Waals surface area contributed by atoms with E-state index in [9.17, 15) is 9.59 Å². The fourth-order valence-electron chi connectivity index (χ4n) is 2.74. The maximum atomic E-state index is 12.2. The van der Waals surface area contributed by atoms with Gasteiger partial charge in [-0.25, -0.2) is 0 Å². The fourth-order valence-corrected chi connectivity index (χ4v) is 2.74. The van der Waals surface area contributed by atoms with Crippen LogP contribution in [0, 0.1) is 0 Å². The molecule has 3 heterocycles. The number of amides is 2. The van der Waals surface area contributed by atoms with Gasteiger partial charge >= 0.3 is 0 Å². The number of pyridine rings is 2. The van der Waals surface area contributed by atoms with Gasteiger partial charge in [-0.05, 0) is 31.4 Å². The molecule has 22 heavy (non-hydrogen) atoms. The monoisotopic (exact) mass is 296 g/mol. The highest BCUT2D eigenvalue weighted by Crippen LogP contribution is 2.39. The largest absolute Gasteiger partial charge is 0.354 e. The summed E-state index contributed by atoms with van der Waals surface area (Å²) in [7, 11) is 0. The lowest BCUT2D eigenvalue weighted by Gasteiger charge is -2.10. The lowest BCUT2D eigenvalue weighted by atomic mass is 10.1. The number of carbonyl (C=O) groups is 2. The zero-order valence-electron chi connectivity index (χ0n) is 12.0. The average molecular weight is 296 g/mol. The second-order valence-electron chi connectivity index (χ2n) is 5.91. The SMILES string of the molecule is O=C(NC1CCNC1=O)c1cnc2cc(C3CC3)ncc2c1. The van der Waals surface area contributed by atoms with Crippen LogP contribution in [-0.4, -0.2) is 34.4 Å². The Bertz CT molecular complexity index is 770. The molecule has 1 unspecified atom stereocenters. The van der Waals surface area contributed by atoms with Gasteiger partial charge in [-0.3, -0.25) is 19.6 Å². The Morgan fingerprint density at radius 3 is 2.77 bits per heavy atom. The zero-order chi connectivity index (χ0) is 15.1. The van der Waals surface area contributed by atoms with Gasteiger partial charge in [-0.15, -0.1) is 0 Å². The molecule has 1 aliphatic carbocycles. The van der Waals surface area contributed by atoms with Crippen molar-refractivity contribution in [2.24, 2.45) is 0 Å². The summed E-state index contributed by atoms with van der Waals surface area (Å²) in [6.07, 6.45) is 6.35. The minimum Gasteiger partial charge on any atom is -0.354 e. The summed E-state index contributed by atoms with van der Waals surface area (Å²) in [5, 5.41) is 6.28. The number of carbonyl (C=O) groups excluding carboxylic acids is 2. The van der Waals surface area contributed by atoms with Crippen LogP contribution in [0.1, 0.15) is 41.2 Å². The third kappa shape index (κ3) is 2.41. The van der Waals surface area contributed by atoms with E-state index in [1.165, 1.54) is 12.8 Å². The molecule has 112 valence electrons.